The minimum Gasteiger partial charge on any atom is -0.326 e. The number of hydrogen-bond acceptors (Lipinski definition) is 2. The van der Waals surface area contributed by atoms with Crippen LogP contribution in [0.15, 0.2) is 24.3 Å². The second kappa shape index (κ2) is 4.73. The van der Waals surface area contributed by atoms with Gasteiger partial charge in [0.2, 0.25) is 5.91 Å². The SMILES string of the molecule is CC(=O)Nc1ccc(NS(=O)O)cc1. The number of amides is 1. The molecule has 0 radical (unpaired) electrons. The third-order valence-electron chi connectivity index (χ3n) is 1.41. The van der Waals surface area contributed by atoms with E-state index in [0.29, 0.717) is 11.4 Å². The van der Waals surface area contributed by atoms with Crippen LogP contribution in [0.4, 0.5) is 11.4 Å². The highest BCUT2D eigenvalue weighted by molar-refractivity contribution is 7.80. The average molecular weight is 214 g/mol. The highest BCUT2D eigenvalue weighted by Gasteiger charge is 1.97. The van der Waals surface area contributed by atoms with E-state index in [-0.39, 0.29) is 5.91 Å². The molecule has 1 aromatic rings. The van der Waals surface area contributed by atoms with Crippen LogP contribution in [0.5, 0.6) is 0 Å². The van der Waals surface area contributed by atoms with E-state index >= 15 is 0 Å². The van der Waals surface area contributed by atoms with Gasteiger partial charge in [-0.2, -0.15) is 0 Å². The van der Waals surface area contributed by atoms with Crippen LogP contribution >= 0.6 is 0 Å². The molecule has 0 aromatic heterocycles. The first-order valence-corrected chi connectivity index (χ1v) is 4.94. The van der Waals surface area contributed by atoms with Crippen LogP contribution in [-0.2, 0) is 16.1 Å². The standard InChI is InChI=1S/C8H10N2O3S/c1-6(11)9-7-2-4-8(5-3-7)10-14(12)13/h2-5,10H,1H3,(H,9,11)(H,12,13). The van der Waals surface area contributed by atoms with Gasteiger partial charge in [-0.15, -0.1) is 0 Å². The zero-order valence-electron chi connectivity index (χ0n) is 7.48. The second-order valence-electron chi connectivity index (χ2n) is 2.61. The van der Waals surface area contributed by atoms with E-state index in [1.165, 1.54) is 6.92 Å². The van der Waals surface area contributed by atoms with E-state index in [1.807, 2.05) is 0 Å². The molecule has 0 aliphatic carbocycles. The monoisotopic (exact) mass is 214 g/mol. The molecule has 0 aliphatic heterocycles. The van der Waals surface area contributed by atoms with Gasteiger partial charge in [0.25, 0.3) is 11.3 Å². The number of benzene rings is 1. The summed E-state index contributed by atoms with van der Waals surface area (Å²) in [4.78, 5) is 10.7. The van der Waals surface area contributed by atoms with Crippen molar-refractivity contribution >= 4 is 28.5 Å². The summed E-state index contributed by atoms with van der Waals surface area (Å²) in [6, 6.07) is 6.46. The van der Waals surface area contributed by atoms with Crippen molar-refractivity contribution in [2.75, 3.05) is 10.0 Å². The molecule has 0 aliphatic rings. The van der Waals surface area contributed by atoms with Crippen molar-refractivity contribution in [3.8, 4) is 0 Å². The summed E-state index contributed by atoms with van der Waals surface area (Å²) in [5, 5.41) is 2.58. The molecule has 3 N–H and O–H groups in total. The Hall–Kier alpha value is -1.40. The van der Waals surface area contributed by atoms with Crippen molar-refractivity contribution < 1.29 is 13.6 Å². The Morgan fingerprint density at radius 2 is 1.79 bits per heavy atom. The fourth-order valence-corrected chi connectivity index (χ4v) is 1.26. The lowest BCUT2D eigenvalue weighted by Crippen LogP contribution is -2.06. The van der Waals surface area contributed by atoms with Crippen molar-refractivity contribution in [1.29, 1.82) is 0 Å². The Labute approximate surface area is 83.9 Å². The maximum Gasteiger partial charge on any atom is 0.259 e. The van der Waals surface area contributed by atoms with Crippen LogP contribution in [0.1, 0.15) is 6.92 Å². The highest BCUT2D eigenvalue weighted by atomic mass is 32.2. The number of hydrogen-bond donors (Lipinski definition) is 3. The van der Waals surface area contributed by atoms with Crippen molar-refractivity contribution in [3.63, 3.8) is 0 Å². The molecule has 6 heteroatoms. The summed E-state index contributed by atoms with van der Waals surface area (Å²) in [5.74, 6) is -0.156. The van der Waals surface area contributed by atoms with Crippen molar-refractivity contribution in [3.05, 3.63) is 24.3 Å². The van der Waals surface area contributed by atoms with Gasteiger partial charge in [-0.05, 0) is 24.3 Å². The lowest BCUT2D eigenvalue weighted by molar-refractivity contribution is -0.114. The summed E-state index contributed by atoms with van der Waals surface area (Å²) in [6.45, 7) is 1.41. The molecule has 1 atom stereocenters. The van der Waals surface area contributed by atoms with Gasteiger partial charge in [-0.25, -0.2) is 4.21 Å². The number of carbonyl (C=O) groups excluding carboxylic acids is 1. The van der Waals surface area contributed by atoms with Gasteiger partial charge in [0.05, 0.1) is 0 Å². The first-order chi connectivity index (χ1) is 6.58. The lowest BCUT2D eigenvalue weighted by atomic mass is 10.3. The zero-order valence-corrected chi connectivity index (χ0v) is 8.30. The summed E-state index contributed by atoms with van der Waals surface area (Å²) in [7, 11) is 0. The predicted molar refractivity (Wildman–Crippen MR) is 55.1 cm³/mol. The van der Waals surface area contributed by atoms with Gasteiger partial charge in [0.1, 0.15) is 0 Å². The van der Waals surface area contributed by atoms with E-state index in [0.717, 1.165) is 0 Å². The topological polar surface area (TPSA) is 78.4 Å². The minimum atomic E-state index is -2.07. The fraction of sp³-hybridized carbons (Fsp3) is 0.125. The van der Waals surface area contributed by atoms with Crippen LogP contribution in [-0.4, -0.2) is 14.7 Å². The summed E-state index contributed by atoms with van der Waals surface area (Å²) in [5.41, 5.74) is 1.16. The van der Waals surface area contributed by atoms with Crippen LogP contribution < -0.4 is 10.0 Å². The van der Waals surface area contributed by atoms with Gasteiger partial charge in [0.15, 0.2) is 0 Å². The third-order valence-corrected chi connectivity index (χ3v) is 1.82. The molecule has 5 nitrogen and oxygen atoms in total. The molecule has 1 amide bonds. The molecule has 1 aromatic carbocycles. The third kappa shape index (κ3) is 3.55. The molecular formula is C8H10N2O3S. The van der Waals surface area contributed by atoms with Gasteiger partial charge in [-0.1, -0.05) is 0 Å². The normalized spacial score (nSPS) is 11.9. The van der Waals surface area contributed by atoms with Gasteiger partial charge in [0, 0.05) is 18.3 Å². The van der Waals surface area contributed by atoms with E-state index < -0.39 is 11.3 Å². The molecule has 0 fully saturated rings. The quantitative estimate of drug-likeness (QED) is 0.661. The predicted octanol–water partition coefficient (Wildman–Crippen LogP) is 1.19. The smallest absolute Gasteiger partial charge is 0.259 e. The fourth-order valence-electron chi connectivity index (χ4n) is 0.926. The molecule has 0 heterocycles. The molecule has 14 heavy (non-hydrogen) atoms. The van der Waals surface area contributed by atoms with Crippen molar-refractivity contribution in [1.82, 2.24) is 0 Å². The summed E-state index contributed by atoms with van der Waals surface area (Å²) < 4.78 is 21.2. The molecule has 0 bridgehead atoms. The first kappa shape index (κ1) is 10.7. The molecule has 0 saturated carbocycles. The van der Waals surface area contributed by atoms with Crippen molar-refractivity contribution in [2.24, 2.45) is 0 Å². The van der Waals surface area contributed by atoms with E-state index in [2.05, 4.69) is 10.0 Å². The Balaban J connectivity index is 2.68. The molecule has 0 saturated heterocycles. The zero-order chi connectivity index (χ0) is 10.6. The number of carbonyl (C=O) groups is 1. The molecule has 0 spiro atoms. The average Bonchev–Trinajstić information content (AvgIpc) is 2.06. The van der Waals surface area contributed by atoms with Crippen LogP contribution in [0, 0.1) is 0 Å². The van der Waals surface area contributed by atoms with Crippen LogP contribution in [0.25, 0.3) is 0 Å². The summed E-state index contributed by atoms with van der Waals surface area (Å²) >= 11 is -2.07. The van der Waals surface area contributed by atoms with Gasteiger partial charge in [-0.3, -0.25) is 14.1 Å². The summed E-state index contributed by atoms with van der Waals surface area (Å²) in [6.07, 6.45) is 0. The van der Waals surface area contributed by atoms with E-state index in [1.54, 1.807) is 24.3 Å². The number of nitrogens with one attached hydrogen (secondary N) is 2. The largest absolute Gasteiger partial charge is 0.326 e. The second-order valence-corrected chi connectivity index (χ2v) is 3.31. The maximum atomic E-state index is 10.7. The molecular weight excluding hydrogens is 204 g/mol. The minimum absolute atomic E-state index is 0.156. The van der Waals surface area contributed by atoms with Crippen LogP contribution in [0.2, 0.25) is 0 Å². The Morgan fingerprint density at radius 3 is 2.21 bits per heavy atom. The Bertz CT molecular complexity index is 315. The van der Waals surface area contributed by atoms with Gasteiger partial charge >= 0.3 is 0 Å². The molecule has 1 rings (SSSR count). The van der Waals surface area contributed by atoms with Crippen molar-refractivity contribution in [2.45, 2.75) is 6.92 Å². The Kier molecular flexibility index (Phi) is 3.61. The molecule has 1 unspecified atom stereocenters. The molecule has 76 valence electrons. The highest BCUT2D eigenvalue weighted by Crippen LogP contribution is 2.13. The first-order valence-electron chi connectivity index (χ1n) is 3.83. The number of rotatable bonds is 3. The van der Waals surface area contributed by atoms with Crippen LogP contribution in [0.3, 0.4) is 0 Å². The van der Waals surface area contributed by atoms with Gasteiger partial charge < -0.3 is 5.32 Å². The lowest BCUT2D eigenvalue weighted by Gasteiger charge is -2.03. The Morgan fingerprint density at radius 1 is 1.29 bits per heavy atom. The van der Waals surface area contributed by atoms with E-state index in [9.17, 15) is 9.00 Å². The van der Waals surface area contributed by atoms with E-state index in [4.69, 9.17) is 4.55 Å². The number of anilines is 2. The maximum absolute atomic E-state index is 10.7.